The molecule has 7 heteroatoms. The lowest BCUT2D eigenvalue weighted by atomic mass is 10.1. The largest absolute Gasteiger partial charge is 0.413 e. The third-order valence-electron chi connectivity index (χ3n) is 6.19. The highest BCUT2D eigenvalue weighted by molar-refractivity contribution is 8.22. The number of hydrogen-bond donors (Lipinski definition) is 0. The van der Waals surface area contributed by atoms with Crippen molar-refractivity contribution in [3.8, 4) is 0 Å². The van der Waals surface area contributed by atoms with Gasteiger partial charge in [0.15, 0.2) is 20.4 Å². The topological polar surface area (TPSA) is 36.9 Å². The first-order valence-corrected chi connectivity index (χ1v) is 14.8. The summed E-state index contributed by atoms with van der Waals surface area (Å²) >= 11 is 3.90. The molecule has 0 aromatic carbocycles. The van der Waals surface area contributed by atoms with Crippen LogP contribution in [0.3, 0.4) is 0 Å². The molecule has 0 amide bonds. The molecule has 0 N–H and O–H groups in total. The van der Waals surface area contributed by atoms with Gasteiger partial charge in [0.25, 0.3) is 0 Å². The van der Waals surface area contributed by atoms with Crippen molar-refractivity contribution in [1.29, 1.82) is 0 Å². The Bertz CT molecular complexity index is 561. The molecule has 3 saturated heterocycles. The van der Waals surface area contributed by atoms with Crippen molar-refractivity contribution in [3.63, 3.8) is 0 Å². The van der Waals surface area contributed by atoms with E-state index in [9.17, 15) is 0 Å². The fourth-order valence-electron chi connectivity index (χ4n) is 5.15. The molecule has 0 bridgehead atoms. The Morgan fingerprint density at radius 2 is 1.57 bits per heavy atom. The van der Waals surface area contributed by atoms with Gasteiger partial charge in [0.2, 0.25) is 0 Å². The molecule has 28 heavy (non-hydrogen) atoms. The second kappa shape index (κ2) is 8.93. The van der Waals surface area contributed by atoms with E-state index in [1.165, 1.54) is 27.7 Å². The smallest absolute Gasteiger partial charge is 0.200 e. The molecule has 0 aromatic heterocycles. The minimum Gasteiger partial charge on any atom is -0.413 e. The number of hydrogen-bond acceptors (Lipinski definition) is 6. The molecular formula is C21H38O4S2Si. The monoisotopic (exact) mass is 446 g/mol. The van der Waals surface area contributed by atoms with Gasteiger partial charge in [0.1, 0.15) is 12.2 Å². The number of ether oxygens (including phenoxy) is 3. The van der Waals surface area contributed by atoms with Crippen molar-refractivity contribution in [3.05, 3.63) is 9.81 Å². The first-order valence-electron chi connectivity index (χ1n) is 10.7. The van der Waals surface area contributed by atoms with E-state index in [2.05, 4.69) is 41.5 Å². The Morgan fingerprint density at radius 3 is 2.11 bits per heavy atom. The van der Waals surface area contributed by atoms with Crippen molar-refractivity contribution in [2.75, 3.05) is 18.1 Å². The van der Waals surface area contributed by atoms with Gasteiger partial charge in [-0.1, -0.05) is 41.5 Å². The second-order valence-electron chi connectivity index (χ2n) is 9.47. The summed E-state index contributed by atoms with van der Waals surface area (Å²) in [5.74, 6) is 1.75. The molecule has 3 atom stereocenters. The second-order valence-corrected chi connectivity index (χ2v) is 17.4. The maximum absolute atomic E-state index is 6.89. The Morgan fingerprint density at radius 1 is 1.00 bits per heavy atom. The molecule has 0 spiro atoms. The third-order valence-corrected chi connectivity index (χ3v) is 15.0. The molecule has 0 aromatic rings. The zero-order valence-corrected chi connectivity index (χ0v) is 21.4. The van der Waals surface area contributed by atoms with E-state index in [1.54, 1.807) is 0 Å². The van der Waals surface area contributed by atoms with Crippen LogP contribution in [0.25, 0.3) is 0 Å². The molecule has 0 unspecified atom stereocenters. The van der Waals surface area contributed by atoms with Crippen molar-refractivity contribution in [1.82, 2.24) is 0 Å². The number of rotatable bonds is 6. The van der Waals surface area contributed by atoms with Gasteiger partial charge in [-0.05, 0) is 48.4 Å². The van der Waals surface area contributed by atoms with Crippen LogP contribution < -0.4 is 0 Å². The van der Waals surface area contributed by atoms with Crippen molar-refractivity contribution in [2.24, 2.45) is 0 Å². The molecule has 3 fully saturated rings. The van der Waals surface area contributed by atoms with Crippen LogP contribution in [-0.2, 0) is 18.6 Å². The zero-order chi connectivity index (χ0) is 20.7. The summed E-state index contributed by atoms with van der Waals surface area (Å²) in [6.07, 6.45) is 0.768. The summed E-state index contributed by atoms with van der Waals surface area (Å²) < 4.78 is 27.0. The van der Waals surface area contributed by atoms with Crippen molar-refractivity contribution in [2.45, 2.75) is 103 Å². The number of thioether (sulfide) groups is 2. The Hall–Kier alpha value is 0.497. The highest BCUT2D eigenvalue weighted by Gasteiger charge is 2.54. The summed E-state index contributed by atoms with van der Waals surface area (Å²) in [6.45, 7) is 18.5. The standard InChI is InChI=1S/C21H38O4S2Si/c1-13(2)28(14(3)4,15(5)6)22-12-16-17(20-26-10-9-11-27-20)18-19(23-16)25-21(7,8)24-18/h13-16,18-19H,9-12H2,1-8H3/t16-,18-,19-/m1/s1. The summed E-state index contributed by atoms with van der Waals surface area (Å²) in [7, 11) is -1.94. The first kappa shape index (κ1) is 23.2. The Labute approximate surface area is 181 Å². The van der Waals surface area contributed by atoms with E-state index < -0.39 is 14.1 Å². The van der Waals surface area contributed by atoms with E-state index in [0.29, 0.717) is 23.2 Å². The van der Waals surface area contributed by atoms with Gasteiger partial charge in [-0.3, -0.25) is 0 Å². The molecule has 3 heterocycles. The Balaban J connectivity index is 1.84. The van der Waals surface area contributed by atoms with Crippen LogP contribution in [0.5, 0.6) is 0 Å². The van der Waals surface area contributed by atoms with Crippen LogP contribution in [0.15, 0.2) is 9.81 Å². The lowest BCUT2D eigenvalue weighted by Crippen LogP contribution is -2.49. The fraction of sp³-hybridized carbons (Fsp3) is 0.905. The third kappa shape index (κ3) is 4.41. The normalized spacial score (nSPS) is 30.8. The predicted octanol–water partition coefficient (Wildman–Crippen LogP) is 6.14. The molecule has 0 saturated carbocycles. The van der Waals surface area contributed by atoms with Crippen LogP contribution in [0, 0.1) is 0 Å². The molecule has 3 rings (SSSR count). The quantitative estimate of drug-likeness (QED) is 0.456. The minimum atomic E-state index is -1.94. The van der Waals surface area contributed by atoms with Crippen molar-refractivity contribution >= 4 is 31.8 Å². The average molecular weight is 447 g/mol. The first-order chi connectivity index (χ1) is 13.1. The molecular weight excluding hydrogens is 408 g/mol. The van der Waals surface area contributed by atoms with Gasteiger partial charge in [-0.15, -0.1) is 23.5 Å². The number of fused-ring (bicyclic) bond motifs is 1. The van der Waals surface area contributed by atoms with Gasteiger partial charge in [-0.2, -0.15) is 0 Å². The summed E-state index contributed by atoms with van der Waals surface area (Å²) in [4.78, 5) is 0. The van der Waals surface area contributed by atoms with E-state index >= 15 is 0 Å². The fourth-order valence-corrected chi connectivity index (χ4v) is 13.4. The van der Waals surface area contributed by atoms with E-state index in [1.807, 2.05) is 37.4 Å². The van der Waals surface area contributed by atoms with Gasteiger partial charge in [0, 0.05) is 9.81 Å². The van der Waals surface area contributed by atoms with Crippen LogP contribution in [-0.4, -0.2) is 50.7 Å². The van der Waals surface area contributed by atoms with Gasteiger partial charge >= 0.3 is 0 Å². The summed E-state index contributed by atoms with van der Waals surface area (Å²) in [5.41, 5.74) is 2.96. The van der Waals surface area contributed by atoms with Gasteiger partial charge in [0.05, 0.1) is 6.61 Å². The molecule has 3 aliphatic rings. The SMILES string of the molecule is CC(C)[Si](OC[C@H]1O[C@@H]2OC(C)(C)O[C@@H]2C1=C1SCCCS1)(C(C)C)C(C)C. The van der Waals surface area contributed by atoms with E-state index in [-0.39, 0.29) is 18.5 Å². The highest BCUT2D eigenvalue weighted by atomic mass is 32.2. The maximum atomic E-state index is 6.89. The molecule has 0 radical (unpaired) electrons. The Kier molecular flexibility index (Phi) is 7.39. The van der Waals surface area contributed by atoms with Crippen LogP contribution in [0.4, 0.5) is 0 Å². The zero-order valence-electron chi connectivity index (χ0n) is 18.7. The summed E-state index contributed by atoms with van der Waals surface area (Å²) in [6, 6.07) is 0. The average Bonchev–Trinajstić information content (AvgIpc) is 3.06. The summed E-state index contributed by atoms with van der Waals surface area (Å²) in [5, 5.41) is 0. The van der Waals surface area contributed by atoms with Crippen LogP contribution >= 0.6 is 23.5 Å². The molecule has 3 aliphatic heterocycles. The van der Waals surface area contributed by atoms with Crippen LogP contribution in [0.2, 0.25) is 16.6 Å². The minimum absolute atomic E-state index is 0.0673. The predicted molar refractivity (Wildman–Crippen MR) is 122 cm³/mol. The van der Waals surface area contributed by atoms with Gasteiger partial charge < -0.3 is 18.6 Å². The highest BCUT2D eigenvalue weighted by Crippen LogP contribution is 2.49. The lowest BCUT2D eigenvalue weighted by molar-refractivity contribution is -0.202. The molecule has 162 valence electrons. The maximum Gasteiger partial charge on any atom is 0.200 e. The van der Waals surface area contributed by atoms with Gasteiger partial charge in [-0.25, -0.2) is 0 Å². The van der Waals surface area contributed by atoms with Crippen molar-refractivity contribution < 1.29 is 18.6 Å². The molecule has 4 nitrogen and oxygen atoms in total. The lowest BCUT2D eigenvalue weighted by Gasteiger charge is -2.42. The molecule has 0 aliphatic carbocycles. The van der Waals surface area contributed by atoms with Crippen LogP contribution in [0.1, 0.15) is 61.8 Å². The van der Waals surface area contributed by atoms with E-state index in [4.69, 9.17) is 18.6 Å². The van der Waals surface area contributed by atoms with E-state index in [0.717, 1.165) is 0 Å².